The molecule has 17 heteroatoms. The molecular weight excluding hydrogens is 687 g/mol. The summed E-state index contributed by atoms with van der Waals surface area (Å²) in [6.07, 6.45) is -5.98. The van der Waals surface area contributed by atoms with Crippen LogP contribution in [0.15, 0.2) is 48.5 Å². The summed E-state index contributed by atoms with van der Waals surface area (Å²) in [5.74, 6) is -9.53. The fourth-order valence-electron chi connectivity index (χ4n) is 4.47. The van der Waals surface area contributed by atoms with Crippen LogP contribution in [0.5, 0.6) is 0 Å². The Balaban J connectivity index is 1.50. The van der Waals surface area contributed by atoms with Gasteiger partial charge in [0, 0.05) is 23.6 Å². The van der Waals surface area contributed by atoms with Gasteiger partial charge in [-0.2, -0.15) is 22.0 Å². The van der Waals surface area contributed by atoms with Crippen molar-refractivity contribution < 1.29 is 54.2 Å². The van der Waals surface area contributed by atoms with E-state index in [1.807, 2.05) is 0 Å². The minimum absolute atomic E-state index is 0.0655. The Hall–Kier alpha value is -3.46. The highest BCUT2D eigenvalue weighted by Crippen LogP contribution is 2.65. The van der Waals surface area contributed by atoms with Crippen LogP contribution in [0.2, 0.25) is 5.02 Å². The molecule has 2 atom stereocenters. The van der Waals surface area contributed by atoms with Crippen molar-refractivity contribution in [1.29, 1.82) is 0 Å². The number of carbonyl (C=O) groups excluding carboxylic acids is 3. The van der Waals surface area contributed by atoms with Gasteiger partial charge < -0.3 is 15.4 Å². The van der Waals surface area contributed by atoms with Crippen LogP contribution < -0.4 is 10.6 Å². The number of carbonyl (C=O) groups is 3. The number of ketones is 1. The van der Waals surface area contributed by atoms with Gasteiger partial charge in [0.05, 0.1) is 27.8 Å². The molecule has 2 amide bonds. The first-order chi connectivity index (χ1) is 20.9. The zero-order valence-corrected chi connectivity index (χ0v) is 24.3. The van der Waals surface area contributed by atoms with Crippen molar-refractivity contribution in [2.75, 3.05) is 17.2 Å². The van der Waals surface area contributed by atoms with E-state index in [9.17, 15) is 49.5 Å². The Morgan fingerprint density at radius 1 is 0.933 bits per heavy atom. The van der Waals surface area contributed by atoms with Crippen LogP contribution in [0.1, 0.15) is 33.0 Å². The van der Waals surface area contributed by atoms with Gasteiger partial charge >= 0.3 is 12.8 Å². The molecule has 45 heavy (non-hydrogen) atoms. The van der Waals surface area contributed by atoms with E-state index in [1.165, 1.54) is 12.1 Å². The molecule has 1 saturated carbocycles. The zero-order valence-electron chi connectivity index (χ0n) is 22.1. The molecule has 3 aromatic rings. The summed E-state index contributed by atoms with van der Waals surface area (Å²) in [5, 5.41) is 4.35. The topological polar surface area (TPSA) is 84.5 Å². The highest BCUT2D eigenvalue weighted by molar-refractivity contribution is 6.53. The number of rotatable bonds is 10. The molecule has 0 aromatic heterocycles. The lowest BCUT2D eigenvalue weighted by molar-refractivity contribution is -0.149. The number of ether oxygens (including phenoxy) is 1. The summed E-state index contributed by atoms with van der Waals surface area (Å²) < 4.78 is 109. The average molecular weight is 704 g/mol. The summed E-state index contributed by atoms with van der Waals surface area (Å²) in [6, 6.07) is 7.14. The highest BCUT2D eigenvalue weighted by atomic mass is 35.5. The van der Waals surface area contributed by atoms with Gasteiger partial charge in [-0.15, -0.1) is 23.2 Å². The summed E-state index contributed by atoms with van der Waals surface area (Å²) in [6.45, 7) is -4.39. The molecule has 0 unspecified atom stereocenters. The predicted octanol–water partition coefficient (Wildman–Crippen LogP) is 7.91. The summed E-state index contributed by atoms with van der Waals surface area (Å²) in [5.41, 5.74) is -3.53. The lowest BCUT2D eigenvalue weighted by Gasteiger charge is -2.13. The van der Waals surface area contributed by atoms with Crippen LogP contribution in [-0.4, -0.2) is 35.1 Å². The van der Waals surface area contributed by atoms with E-state index in [4.69, 9.17) is 34.8 Å². The third-order valence-corrected chi connectivity index (χ3v) is 7.92. The van der Waals surface area contributed by atoms with Gasteiger partial charge in [0.2, 0.25) is 5.91 Å². The van der Waals surface area contributed by atoms with E-state index in [1.54, 1.807) is 0 Å². The minimum Gasteiger partial charge on any atom is -0.326 e. The van der Waals surface area contributed by atoms with Gasteiger partial charge in [0.25, 0.3) is 5.91 Å². The maximum Gasteiger partial charge on any atom is 0.419 e. The molecule has 0 radical (unpaired) electrons. The molecule has 3 aromatic carbocycles. The Kier molecular flexibility index (Phi) is 10.0. The quantitative estimate of drug-likeness (QED) is 0.166. The summed E-state index contributed by atoms with van der Waals surface area (Å²) in [7, 11) is 0. The number of benzene rings is 3. The molecule has 6 nitrogen and oxygen atoms in total. The van der Waals surface area contributed by atoms with Crippen molar-refractivity contribution in [1.82, 2.24) is 0 Å². The van der Waals surface area contributed by atoms with Gasteiger partial charge in [-0.1, -0.05) is 17.7 Å². The van der Waals surface area contributed by atoms with E-state index in [0.29, 0.717) is 12.1 Å². The average Bonchev–Trinajstić information content (AvgIpc) is 3.53. The van der Waals surface area contributed by atoms with E-state index in [-0.39, 0.29) is 21.8 Å². The van der Waals surface area contributed by atoms with Crippen molar-refractivity contribution in [2.45, 2.75) is 29.5 Å². The Morgan fingerprint density at radius 2 is 1.60 bits per heavy atom. The van der Waals surface area contributed by atoms with E-state index < -0.39 is 93.8 Å². The van der Waals surface area contributed by atoms with Crippen LogP contribution in [0, 0.1) is 23.4 Å². The first kappa shape index (κ1) is 34.4. The normalized spacial score (nSPS) is 17.2. The fraction of sp³-hybridized carbons (Fsp3) is 0.250. The maximum atomic E-state index is 15.0. The van der Waals surface area contributed by atoms with Crippen molar-refractivity contribution >= 4 is 63.8 Å². The molecule has 240 valence electrons. The van der Waals surface area contributed by atoms with Gasteiger partial charge in [0.15, 0.2) is 11.6 Å². The highest BCUT2D eigenvalue weighted by Gasteiger charge is 2.67. The number of anilines is 2. The van der Waals surface area contributed by atoms with E-state index in [0.717, 1.165) is 24.3 Å². The van der Waals surface area contributed by atoms with Gasteiger partial charge in [-0.25, -0.2) is 13.2 Å². The molecule has 2 N–H and O–H groups in total. The van der Waals surface area contributed by atoms with Crippen molar-refractivity contribution in [3.05, 3.63) is 93.3 Å². The molecule has 0 saturated heterocycles. The summed E-state index contributed by atoms with van der Waals surface area (Å²) in [4.78, 5) is 37.7. The summed E-state index contributed by atoms with van der Waals surface area (Å²) >= 11 is 18.5. The second-order valence-corrected chi connectivity index (χ2v) is 11.5. The number of hydrogen-bond acceptors (Lipinski definition) is 4. The lowest BCUT2D eigenvalue weighted by atomic mass is 10.0. The SMILES string of the molecule is O=C(COC(F)F)Cc1c(F)ccc(NC(=O)c2cc(NC(=O)[C@H]3[C@H](c4ccc(F)c(C(F)(F)F)c4)C3(Cl)Cl)ccc2Cl)c1F. The molecule has 0 aliphatic heterocycles. The second-order valence-electron chi connectivity index (χ2n) is 9.68. The molecular formula is C28H17Cl3F8N2O4. The third kappa shape index (κ3) is 7.68. The van der Waals surface area contributed by atoms with Gasteiger partial charge in [-0.3, -0.25) is 14.4 Å². The monoisotopic (exact) mass is 702 g/mol. The van der Waals surface area contributed by atoms with Crippen molar-refractivity contribution in [3.63, 3.8) is 0 Å². The van der Waals surface area contributed by atoms with Crippen LogP contribution in [0.3, 0.4) is 0 Å². The molecule has 0 bridgehead atoms. The number of halogens is 11. The van der Waals surface area contributed by atoms with Crippen LogP contribution >= 0.6 is 34.8 Å². The van der Waals surface area contributed by atoms with Gasteiger partial charge in [-0.05, 0) is 48.0 Å². The number of amides is 2. The molecule has 0 heterocycles. The maximum absolute atomic E-state index is 15.0. The van der Waals surface area contributed by atoms with Crippen LogP contribution in [0.4, 0.5) is 46.5 Å². The molecule has 1 aliphatic rings. The zero-order chi connectivity index (χ0) is 33.4. The predicted molar refractivity (Wildman–Crippen MR) is 147 cm³/mol. The Labute approximate surface area is 263 Å². The molecule has 0 spiro atoms. The third-order valence-electron chi connectivity index (χ3n) is 6.65. The molecule has 4 rings (SSSR count). The van der Waals surface area contributed by atoms with Gasteiger partial charge in [0.1, 0.15) is 22.6 Å². The molecule has 1 aliphatic carbocycles. The number of Topliss-reactive ketones (excluding diaryl/α,β-unsaturated/α-hetero) is 1. The van der Waals surface area contributed by atoms with Crippen molar-refractivity contribution in [3.8, 4) is 0 Å². The number of nitrogens with one attached hydrogen (secondary N) is 2. The smallest absolute Gasteiger partial charge is 0.326 e. The standard InChI is InChI=1S/C28H17Cl3F8N2O4/c29-17-3-2-12(40-25(44)22-21(27(22,30)31)11-1-4-19(33)16(7-11)28(37,38)39)8-14(17)24(43)41-20-6-5-18(32)15(23(20)34)9-13(42)10-45-26(35)36/h1-8,21-22,26H,9-10H2,(H,40,44)(H,41,43)/t21-,22+/m0/s1. The first-order valence-corrected chi connectivity index (χ1v) is 13.6. The minimum atomic E-state index is -5.02. The van der Waals surface area contributed by atoms with Crippen LogP contribution in [0.25, 0.3) is 0 Å². The number of alkyl halides is 7. The second kappa shape index (κ2) is 13.1. The molecule has 1 fully saturated rings. The number of hydrogen-bond donors (Lipinski definition) is 2. The van der Waals surface area contributed by atoms with E-state index >= 15 is 0 Å². The Morgan fingerprint density at radius 3 is 2.24 bits per heavy atom. The lowest BCUT2D eigenvalue weighted by Crippen LogP contribution is -2.19. The fourth-order valence-corrected chi connectivity index (χ4v) is 5.50. The van der Waals surface area contributed by atoms with Crippen molar-refractivity contribution in [2.24, 2.45) is 5.92 Å². The first-order valence-electron chi connectivity index (χ1n) is 12.5. The van der Waals surface area contributed by atoms with Crippen LogP contribution in [-0.2, 0) is 26.9 Å². The Bertz CT molecular complexity index is 1670. The van der Waals surface area contributed by atoms with E-state index in [2.05, 4.69) is 15.4 Å². The largest absolute Gasteiger partial charge is 0.419 e.